The minimum Gasteiger partial charge on any atom is -0.376 e. The third-order valence-corrected chi connectivity index (χ3v) is 4.51. The highest BCUT2D eigenvalue weighted by molar-refractivity contribution is 5.92. The van der Waals surface area contributed by atoms with E-state index in [0.717, 1.165) is 5.56 Å². The van der Waals surface area contributed by atoms with Crippen LogP contribution in [0.2, 0.25) is 0 Å². The summed E-state index contributed by atoms with van der Waals surface area (Å²) < 4.78 is 35.5. The van der Waals surface area contributed by atoms with Crippen LogP contribution >= 0.6 is 0 Å². The Labute approximate surface area is 145 Å². The smallest absolute Gasteiger partial charge is 0.272 e. The topological polar surface area (TPSA) is 47.4 Å². The van der Waals surface area contributed by atoms with Crippen LogP contribution in [0.4, 0.5) is 8.78 Å². The van der Waals surface area contributed by atoms with E-state index in [9.17, 15) is 13.6 Å². The summed E-state index contributed by atoms with van der Waals surface area (Å²) in [4.78, 5) is 17.9. The van der Waals surface area contributed by atoms with Crippen molar-refractivity contribution in [2.75, 3.05) is 19.7 Å². The van der Waals surface area contributed by atoms with Gasteiger partial charge in [0.05, 0.1) is 31.7 Å². The number of aryl methyl sites for hydroxylation is 1. The summed E-state index contributed by atoms with van der Waals surface area (Å²) in [6, 6.07) is 9.42. The first-order valence-corrected chi connectivity index (χ1v) is 8.22. The molecule has 134 valence electrons. The fourth-order valence-electron chi connectivity index (χ4n) is 2.96. The highest BCUT2D eigenvalue weighted by Crippen LogP contribution is 2.34. The highest BCUT2D eigenvalue weighted by atomic mass is 19.3. The number of likely N-dealkylation sites (tertiary alicyclic amines) is 1. The van der Waals surface area contributed by atoms with Gasteiger partial charge in [0.1, 0.15) is 5.69 Å². The van der Waals surface area contributed by atoms with Crippen molar-refractivity contribution in [2.45, 2.75) is 19.0 Å². The zero-order valence-corrected chi connectivity index (χ0v) is 14.1. The lowest BCUT2D eigenvalue weighted by Crippen LogP contribution is -2.51. The second-order valence-electron chi connectivity index (χ2n) is 6.35. The summed E-state index contributed by atoms with van der Waals surface area (Å²) in [5.41, 5.74) is 1.33. The van der Waals surface area contributed by atoms with Crippen molar-refractivity contribution in [3.63, 3.8) is 0 Å². The Morgan fingerprint density at radius 3 is 2.80 bits per heavy atom. The molecule has 1 aliphatic rings. The van der Waals surface area contributed by atoms with E-state index in [4.69, 9.17) is 4.74 Å². The normalized spacial score (nSPS) is 19.8. The number of rotatable bonds is 5. The van der Waals surface area contributed by atoms with Crippen LogP contribution in [0.1, 0.15) is 22.5 Å². The second kappa shape index (κ2) is 7.31. The number of hydrogen-bond donors (Lipinski definition) is 0. The fourth-order valence-corrected chi connectivity index (χ4v) is 2.96. The van der Waals surface area contributed by atoms with E-state index in [2.05, 4.69) is 4.98 Å². The van der Waals surface area contributed by atoms with Crippen LogP contribution in [0, 0.1) is 5.92 Å². The number of imidazole rings is 1. The van der Waals surface area contributed by atoms with Crippen LogP contribution < -0.4 is 0 Å². The van der Waals surface area contributed by atoms with Gasteiger partial charge in [-0.3, -0.25) is 4.79 Å². The van der Waals surface area contributed by atoms with Crippen LogP contribution in [0.3, 0.4) is 0 Å². The average Bonchev–Trinajstić information content (AvgIpc) is 3.02. The SMILES string of the molecule is Cn1cncc1C(=O)N1CCC(F)(F)C(COCc2ccccc2)C1. The van der Waals surface area contributed by atoms with Crippen molar-refractivity contribution < 1.29 is 18.3 Å². The molecule has 7 heteroatoms. The van der Waals surface area contributed by atoms with Gasteiger partial charge in [0.2, 0.25) is 0 Å². The Morgan fingerprint density at radius 2 is 2.12 bits per heavy atom. The first kappa shape index (κ1) is 17.5. The number of ether oxygens (including phenoxy) is 1. The third-order valence-electron chi connectivity index (χ3n) is 4.51. The third kappa shape index (κ3) is 4.04. The molecule has 1 saturated heterocycles. The predicted octanol–water partition coefficient (Wildman–Crippen LogP) is 2.73. The summed E-state index contributed by atoms with van der Waals surface area (Å²) in [6.45, 7) is 0.207. The molecule has 1 unspecified atom stereocenters. The molecular weight excluding hydrogens is 328 g/mol. The molecule has 1 aliphatic heterocycles. The van der Waals surface area contributed by atoms with Crippen LogP contribution in [-0.4, -0.2) is 46.0 Å². The molecule has 2 aromatic rings. The summed E-state index contributed by atoms with van der Waals surface area (Å²) in [5.74, 6) is -4.12. The summed E-state index contributed by atoms with van der Waals surface area (Å²) >= 11 is 0. The van der Waals surface area contributed by atoms with Crippen molar-refractivity contribution in [3.8, 4) is 0 Å². The van der Waals surface area contributed by atoms with Gasteiger partial charge < -0.3 is 14.2 Å². The van der Waals surface area contributed by atoms with Crippen LogP contribution in [0.5, 0.6) is 0 Å². The number of halogens is 2. The largest absolute Gasteiger partial charge is 0.376 e. The van der Waals surface area contributed by atoms with Gasteiger partial charge in [-0.25, -0.2) is 13.8 Å². The molecule has 1 fully saturated rings. The Bertz CT molecular complexity index is 718. The fraction of sp³-hybridized carbons (Fsp3) is 0.444. The Hall–Kier alpha value is -2.28. The maximum absolute atomic E-state index is 14.2. The zero-order chi connectivity index (χ0) is 17.9. The molecule has 2 heterocycles. The van der Waals surface area contributed by atoms with Crippen LogP contribution in [0.25, 0.3) is 0 Å². The molecule has 3 rings (SSSR count). The Morgan fingerprint density at radius 1 is 1.36 bits per heavy atom. The molecular formula is C18H21F2N3O2. The maximum Gasteiger partial charge on any atom is 0.272 e. The monoisotopic (exact) mass is 349 g/mol. The van der Waals surface area contributed by atoms with Gasteiger partial charge in [-0.2, -0.15) is 0 Å². The summed E-state index contributed by atoms with van der Waals surface area (Å²) in [5, 5.41) is 0. The van der Waals surface area contributed by atoms with Gasteiger partial charge >= 0.3 is 0 Å². The van der Waals surface area contributed by atoms with Gasteiger partial charge in [0.15, 0.2) is 0 Å². The number of nitrogens with zero attached hydrogens (tertiary/aromatic N) is 3. The zero-order valence-electron chi connectivity index (χ0n) is 14.1. The van der Waals surface area contributed by atoms with E-state index in [-0.39, 0.29) is 38.6 Å². The number of aromatic nitrogens is 2. The lowest BCUT2D eigenvalue weighted by atomic mass is 9.94. The molecule has 1 aromatic carbocycles. The van der Waals surface area contributed by atoms with Crippen LogP contribution in [0.15, 0.2) is 42.9 Å². The van der Waals surface area contributed by atoms with E-state index in [1.165, 1.54) is 17.4 Å². The quantitative estimate of drug-likeness (QED) is 0.834. The maximum atomic E-state index is 14.2. The number of piperidine rings is 1. The minimum atomic E-state index is -2.83. The number of amides is 1. The highest BCUT2D eigenvalue weighted by Gasteiger charge is 2.45. The molecule has 1 aromatic heterocycles. The second-order valence-corrected chi connectivity index (χ2v) is 6.35. The molecule has 0 N–H and O–H groups in total. The molecule has 0 bridgehead atoms. The number of carbonyl (C=O) groups is 1. The van der Waals surface area contributed by atoms with Crippen molar-refractivity contribution in [1.82, 2.24) is 14.5 Å². The number of benzene rings is 1. The first-order valence-electron chi connectivity index (χ1n) is 8.22. The molecule has 1 atom stereocenters. The van der Waals surface area contributed by atoms with Crippen molar-refractivity contribution in [1.29, 1.82) is 0 Å². The standard InChI is InChI=1S/C18H21F2N3O2/c1-22-13-21-9-16(22)17(24)23-8-7-18(19,20)15(10-23)12-25-11-14-5-3-2-4-6-14/h2-6,9,13,15H,7-8,10-12H2,1H3. The van der Waals surface area contributed by atoms with Gasteiger partial charge in [-0.15, -0.1) is 0 Å². The molecule has 0 radical (unpaired) electrons. The molecule has 0 saturated carbocycles. The Kier molecular flexibility index (Phi) is 5.13. The van der Waals surface area contributed by atoms with Crippen molar-refractivity contribution in [2.24, 2.45) is 13.0 Å². The summed E-state index contributed by atoms with van der Waals surface area (Å²) in [6.07, 6.45) is 2.62. The summed E-state index contributed by atoms with van der Waals surface area (Å²) in [7, 11) is 1.71. The van der Waals surface area contributed by atoms with E-state index in [1.807, 2.05) is 30.3 Å². The molecule has 1 amide bonds. The minimum absolute atomic E-state index is 0.0220. The predicted molar refractivity (Wildman–Crippen MR) is 88.3 cm³/mol. The van der Waals surface area contributed by atoms with E-state index in [1.54, 1.807) is 11.6 Å². The average molecular weight is 349 g/mol. The first-order chi connectivity index (χ1) is 12.0. The van der Waals surface area contributed by atoms with Crippen molar-refractivity contribution >= 4 is 5.91 Å². The molecule has 0 spiro atoms. The lowest BCUT2D eigenvalue weighted by molar-refractivity contribution is -0.124. The van der Waals surface area contributed by atoms with Gasteiger partial charge in [-0.1, -0.05) is 30.3 Å². The van der Waals surface area contributed by atoms with Crippen molar-refractivity contribution in [3.05, 3.63) is 54.1 Å². The van der Waals surface area contributed by atoms with Crippen LogP contribution in [-0.2, 0) is 18.4 Å². The van der Waals surface area contributed by atoms with Gasteiger partial charge in [0.25, 0.3) is 11.8 Å². The number of alkyl halides is 2. The molecule has 0 aliphatic carbocycles. The van der Waals surface area contributed by atoms with E-state index >= 15 is 0 Å². The lowest BCUT2D eigenvalue weighted by Gasteiger charge is -2.38. The van der Waals surface area contributed by atoms with E-state index < -0.39 is 11.8 Å². The number of carbonyl (C=O) groups excluding carboxylic acids is 1. The Balaban J connectivity index is 1.61. The van der Waals surface area contributed by atoms with Gasteiger partial charge in [0, 0.05) is 26.6 Å². The number of hydrogen-bond acceptors (Lipinski definition) is 3. The molecule has 5 nitrogen and oxygen atoms in total. The van der Waals surface area contributed by atoms with Gasteiger partial charge in [-0.05, 0) is 5.56 Å². The molecule has 25 heavy (non-hydrogen) atoms. The van der Waals surface area contributed by atoms with E-state index in [0.29, 0.717) is 5.69 Å².